The summed E-state index contributed by atoms with van der Waals surface area (Å²) < 4.78 is 1.14. The second kappa shape index (κ2) is 8.21. The standard InChI is InChI=1S/C17H18N4O6/c1-3-8-19(10-15(23)24)17(25)16-14(22)9-11(2)20(18-16)12-6-4-5-7-13(12)21(26)27/h4-7,9H,3,8,10H2,1-2H3,(H,23,24). The Balaban J connectivity index is 2.60. The van der Waals surface area contributed by atoms with E-state index in [2.05, 4.69) is 5.10 Å². The van der Waals surface area contributed by atoms with Gasteiger partial charge in [-0.1, -0.05) is 19.1 Å². The predicted molar refractivity (Wildman–Crippen MR) is 95.1 cm³/mol. The first-order chi connectivity index (χ1) is 12.8. The Kier molecular flexibility index (Phi) is 6.01. The highest BCUT2D eigenvalue weighted by molar-refractivity contribution is 5.94. The van der Waals surface area contributed by atoms with Gasteiger partial charge in [-0.15, -0.1) is 0 Å². The number of rotatable bonds is 7. The van der Waals surface area contributed by atoms with E-state index in [0.717, 1.165) is 15.6 Å². The normalized spacial score (nSPS) is 10.4. The number of amides is 1. The number of carbonyl (C=O) groups excluding carboxylic acids is 1. The van der Waals surface area contributed by atoms with Crippen LogP contribution in [0.2, 0.25) is 0 Å². The van der Waals surface area contributed by atoms with Gasteiger partial charge in [0.25, 0.3) is 11.6 Å². The van der Waals surface area contributed by atoms with Crippen LogP contribution in [0, 0.1) is 17.0 Å². The van der Waals surface area contributed by atoms with Crippen LogP contribution in [-0.4, -0.2) is 49.7 Å². The number of carboxylic acid groups (broad SMARTS) is 1. The molecule has 0 aliphatic rings. The van der Waals surface area contributed by atoms with E-state index in [1.54, 1.807) is 13.0 Å². The average Bonchev–Trinajstić information content (AvgIpc) is 2.60. The molecule has 0 saturated heterocycles. The zero-order valence-corrected chi connectivity index (χ0v) is 14.8. The van der Waals surface area contributed by atoms with Gasteiger partial charge in [0, 0.05) is 24.4 Å². The summed E-state index contributed by atoms with van der Waals surface area (Å²) in [6.45, 7) is 2.84. The molecule has 2 aromatic rings. The number of aromatic nitrogens is 2. The van der Waals surface area contributed by atoms with Crippen LogP contribution in [0.4, 0.5) is 5.69 Å². The largest absolute Gasteiger partial charge is 0.480 e. The quantitative estimate of drug-likeness (QED) is 0.571. The lowest BCUT2D eigenvalue weighted by Crippen LogP contribution is -2.40. The molecule has 1 aromatic heterocycles. The molecule has 0 saturated carbocycles. The third-order valence-electron chi connectivity index (χ3n) is 3.72. The lowest BCUT2D eigenvalue weighted by atomic mass is 10.2. The second-order valence-electron chi connectivity index (χ2n) is 5.78. The van der Waals surface area contributed by atoms with E-state index >= 15 is 0 Å². The Morgan fingerprint density at radius 1 is 1.33 bits per heavy atom. The molecular weight excluding hydrogens is 356 g/mol. The summed E-state index contributed by atoms with van der Waals surface area (Å²) >= 11 is 0. The summed E-state index contributed by atoms with van der Waals surface area (Å²) in [5, 5.41) is 24.3. The van der Waals surface area contributed by atoms with Gasteiger partial charge in [0.15, 0.2) is 5.69 Å². The van der Waals surface area contributed by atoms with Crippen LogP contribution in [0.1, 0.15) is 29.5 Å². The van der Waals surface area contributed by atoms with Gasteiger partial charge in [-0.2, -0.15) is 5.10 Å². The molecule has 10 nitrogen and oxygen atoms in total. The number of aliphatic carboxylic acids is 1. The number of nitro groups is 1. The maximum Gasteiger partial charge on any atom is 0.323 e. The van der Waals surface area contributed by atoms with Crippen molar-refractivity contribution in [2.24, 2.45) is 0 Å². The summed E-state index contributed by atoms with van der Waals surface area (Å²) in [4.78, 5) is 47.6. The number of nitrogens with zero attached hydrogens (tertiary/aromatic N) is 4. The Labute approximate surface area is 153 Å². The third-order valence-corrected chi connectivity index (χ3v) is 3.72. The first-order valence-corrected chi connectivity index (χ1v) is 8.12. The van der Waals surface area contributed by atoms with E-state index in [4.69, 9.17) is 5.11 Å². The Morgan fingerprint density at radius 2 is 2.00 bits per heavy atom. The molecule has 0 fully saturated rings. The fourth-order valence-corrected chi connectivity index (χ4v) is 2.57. The Hall–Kier alpha value is -3.56. The Morgan fingerprint density at radius 3 is 2.59 bits per heavy atom. The zero-order chi connectivity index (χ0) is 20.1. The van der Waals surface area contributed by atoms with Crippen LogP contribution < -0.4 is 5.43 Å². The molecule has 142 valence electrons. The molecule has 0 spiro atoms. The smallest absolute Gasteiger partial charge is 0.323 e. The maximum atomic E-state index is 12.7. The van der Waals surface area contributed by atoms with Crippen molar-refractivity contribution >= 4 is 17.6 Å². The molecule has 1 aromatic carbocycles. The van der Waals surface area contributed by atoms with E-state index in [1.807, 2.05) is 0 Å². The topological polar surface area (TPSA) is 136 Å². The van der Waals surface area contributed by atoms with Crippen molar-refractivity contribution in [3.05, 3.63) is 62.1 Å². The van der Waals surface area contributed by atoms with Crippen LogP contribution in [0.5, 0.6) is 0 Å². The van der Waals surface area contributed by atoms with E-state index in [-0.39, 0.29) is 17.9 Å². The SMILES string of the molecule is CCCN(CC(=O)O)C(=O)c1nn(-c2ccccc2[N+](=O)[O-])c(C)cc1=O. The Bertz CT molecular complexity index is 953. The van der Waals surface area contributed by atoms with Crippen LogP contribution >= 0.6 is 0 Å². The highest BCUT2D eigenvalue weighted by Gasteiger charge is 2.24. The van der Waals surface area contributed by atoms with Crippen LogP contribution in [0.3, 0.4) is 0 Å². The van der Waals surface area contributed by atoms with Gasteiger partial charge in [0.05, 0.1) is 4.92 Å². The van der Waals surface area contributed by atoms with Gasteiger partial charge < -0.3 is 10.0 Å². The fraction of sp³-hybridized carbons (Fsp3) is 0.294. The molecule has 0 atom stereocenters. The molecule has 0 unspecified atom stereocenters. The molecule has 1 amide bonds. The number of hydrogen-bond donors (Lipinski definition) is 1. The minimum Gasteiger partial charge on any atom is -0.480 e. The van der Waals surface area contributed by atoms with E-state index in [0.29, 0.717) is 12.1 Å². The molecule has 27 heavy (non-hydrogen) atoms. The average molecular weight is 374 g/mol. The fourth-order valence-electron chi connectivity index (χ4n) is 2.57. The number of carbonyl (C=O) groups is 2. The molecule has 0 aliphatic carbocycles. The second-order valence-corrected chi connectivity index (χ2v) is 5.78. The summed E-state index contributed by atoms with van der Waals surface area (Å²) in [5.74, 6) is -2.06. The predicted octanol–water partition coefficient (Wildman–Crippen LogP) is 1.39. The van der Waals surface area contributed by atoms with Crippen molar-refractivity contribution in [1.82, 2.24) is 14.7 Å². The van der Waals surface area contributed by atoms with Crippen LogP contribution in [-0.2, 0) is 4.79 Å². The van der Waals surface area contributed by atoms with Gasteiger partial charge in [0.2, 0.25) is 5.43 Å². The van der Waals surface area contributed by atoms with Crippen molar-refractivity contribution < 1.29 is 19.6 Å². The maximum absolute atomic E-state index is 12.7. The van der Waals surface area contributed by atoms with Crippen LogP contribution in [0.25, 0.3) is 5.69 Å². The number of para-hydroxylation sites is 2. The van der Waals surface area contributed by atoms with Crippen molar-refractivity contribution in [1.29, 1.82) is 0 Å². The molecule has 0 bridgehead atoms. The molecule has 2 rings (SSSR count). The minimum atomic E-state index is -1.22. The number of nitro benzene ring substituents is 1. The van der Waals surface area contributed by atoms with Gasteiger partial charge >= 0.3 is 5.97 Å². The van der Waals surface area contributed by atoms with Crippen molar-refractivity contribution in [2.45, 2.75) is 20.3 Å². The zero-order valence-electron chi connectivity index (χ0n) is 14.8. The van der Waals surface area contributed by atoms with E-state index in [1.165, 1.54) is 25.1 Å². The van der Waals surface area contributed by atoms with Gasteiger partial charge in [0.1, 0.15) is 12.2 Å². The molecule has 1 N–H and O–H groups in total. The summed E-state index contributed by atoms with van der Waals surface area (Å²) in [5.41, 5.74) is -1.03. The lowest BCUT2D eigenvalue weighted by molar-refractivity contribution is -0.384. The molecular formula is C17H18N4O6. The van der Waals surface area contributed by atoms with Crippen molar-refractivity contribution in [3.8, 4) is 5.69 Å². The van der Waals surface area contributed by atoms with Gasteiger partial charge in [-0.25, -0.2) is 4.68 Å². The molecule has 10 heteroatoms. The number of hydrogen-bond acceptors (Lipinski definition) is 6. The van der Waals surface area contributed by atoms with Crippen molar-refractivity contribution in [3.63, 3.8) is 0 Å². The first kappa shape index (κ1) is 19.8. The summed E-state index contributed by atoms with van der Waals surface area (Å²) in [6.07, 6.45) is 0.489. The van der Waals surface area contributed by atoms with Gasteiger partial charge in [-0.3, -0.25) is 24.5 Å². The molecule has 0 aliphatic heterocycles. The third kappa shape index (κ3) is 4.35. The number of benzene rings is 1. The van der Waals surface area contributed by atoms with Crippen molar-refractivity contribution in [2.75, 3.05) is 13.1 Å². The first-order valence-electron chi connectivity index (χ1n) is 8.12. The minimum absolute atomic E-state index is 0.0920. The van der Waals surface area contributed by atoms with E-state index in [9.17, 15) is 24.5 Å². The molecule has 0 radical (unpaired) electrons. The summed E-state index contributed by atoms with van der Waals surface area (Å²) in [7, 11) is 0. The van der Waals surface area contributed by atoms with Gasteiger partial charge in [-0.05, 0) is 19.4 Å². The number of aryl methyl sites for hydroxylation is 1. The molecule has 1 heterocycles. The highest BCUT2D eigenvalue weighted by atomic mass is 16.6. The lowest BCUT2D eigenvalue weighted by Gasteiger charge is -2.20. The van der Waals surface area contributed by atoms with E-state index < -0.39 is 34.5 Å². The monoisotopic (exact) mass is 374 g/mol. The highest BCUT2D eigenvalue weighted by Crippen LogP contribution is 2.22. The number of carboxylic acids is 1. The van der Waals surface area contributed by atoms with Crippen LogP contribution in [0.15, 0.2) is 35.1 Å². The summed E-state index contributed by atoms with van der Waals surface area (Å²) in [6, 6.07) is 6.92.